The van der Waals surface area contributed by atoms with Crippen molar-refractivity contribution in [2.45, 2.75) is 13.3 Å². The van der Waals surface area contributed by atoms with E-state index in [0.717, 1.165) is 5.56 Å². The van der Waals surface area contributed by atoms with Crippen molar-refractivity contribution in [3.8, 4) is 5.75 Å². The minimum Gasteiger partial charge on any atom is -0.494 e. The fourth-order valence-electron chi connectivity index (χ4n) is 1.83. The molecule has 0 saturated carbocycles. The van der Waals surface area contributed by atoms with Crippen LogP contribution in [0.15, 0.2) is 36.7 Å². The highest BCUT2D eigenvalue weighted by Gasteiger charge is 2.13. The SMILES string of the molecule is COc1cccc(CC(=O)c2cncc(C)c2)c1F. The van der Waals surface area contributed by atoms with Crippen molar-refractivity contribution in [2.24, 2.45) is 0 Å². The van der Waals surface area contributed by atoms with Crippen LogP contribution in [0, 0.1) is 12.7 Å². The molecule has 1 aromatic heterocycles. The van der Waals surface area contributed by atoms with E-state index in [1.165, 1.54) is 19.4 Å². The molecular formula is C15H14FNO2. The average molecular weight is 259 g/mol. The Morgan fingerprint density at radius 2 is 2.16 bits per heavy atom. The molecule has 2 rings (SSSR count). The van der Waals surface area contributed by atoms with Crippen molar-refractivity contribution in [3.05, 3.63) is 59.2 Å². The van der Waals surface area contributed by atoms with Gasteiger partial charge in [-0.3, -0.25) is 9.78 Å². The Hall–Kier alpha value is -2.23. The van der Waals surface area contributed by atoms with Crippen LogP contribution in [0.3, 0.4) is 0 Å². The zero-order valence-electron chi connectivity index (χ0n) is 10.8. The molecular weight excluding hydrogens is 245 g/mol. The molecule has 0 spiro atoms. The molecule has 0 aliphatic rings. The van der Waals surface area contributed by atoms with Gasteiger partial charge in [-0.2, -0.15) is 0 Å². The number of ether oxygens (including phenoxy) is 1. The van der Waals surface area contributed by atoms with E-state index in [2.05, 4.69) is 4.98 Å². The van der Waals surface area contributed by atoms with Crippen LogP contribution in [0.5, 0.6) is 5.75 Å². The number of ketones is 1. The number of methoxy groups -OCH3 is 1. The summed E-state index contributed by atoms with van der Waals surface area (Å²) in [5.41, 5.74) is 1.71. The summed E-state index contributed by atoms with van der Waals surface area (Å²) in [4.78, 5) is 16.0. The molecule has 3 nitrogen and oxygen atoms in total. The number of aryl methyl sites for hydroxylation is 1. The monoisotopic (exact) mass is 259 g/mol. The molecule has 0 unspecified atom stereocenters. The third kappa shape index (κ3) is 2.96. The summed E-state index contributed by atoms with van der Waals surface area (Å²) in [6.45, 7) is 1.86. The lowest BCUT2D eigenvalue weighted by Crippen LogP contribution is -2.06. The van der Waals surface area contributed by atoms with Gasteiger partial charge in [0.15, 0.2) is 17.3 Å². The predicted molar refractivity (Wildman–Crippen MR) is 70.0 cm³/mol. The van der Waals surface area contributed by atoms with Crippen LogP contribution in [-0.4, -0.2) is 17.9 Å². The molecule has 2 aromatic rings. The molecule has 19 heavy (non-hydrogen) atoms. The maximum absolute atomic E-state index is 13.9. The summed E-state index contributed by atoms with van der Waals surface area (Å²) >= 11 is 0. The molecule has 98 valence electrons. The molecule has 0 saturated heterocycles. The van der Waals surface area contributed by atoms with Gasteiger partial charge in [0.1, 0.15) is 0 Å². The van der Waals surface area contributed by atoms with Gasteiger partial charge >= 0.3 is 0 Å². The topological polar surface area (TPSA) is 39.2 Å². The summed E-state index contributed by atoms with van der Waals surface area (Å²) < 4.78 is 18.8. The van der Waals surface area contributed by atoms with Gasteiger partial charge in [-0.15, -0.1) is 0 Å². The molecule has 0 bridgehead atoms. The van der Waals surface area contributed by atoms with Crippen molar-refractivity contribution in [3.63, 3.8) is 0 Å². The first kappa shape index (κ1) is 13.2. The van der Waals surface area contributed by atoms with Gasteiger partial charge in [-0.1, -0.05) is 12.1 Å². The lowest BCUT2D eigenvalue weighted by molar-refractivity contribution is 0.0991. The van der Waals surface area contributed by atoms with E-state index < -0.39 is 5.82 Å². The van der Waals surface area contributed by atoms with Crippen molar-refractivity contribution in [1.82, 2.24) is 4.98 Å². The number of pyridine rings is 1. The largest absolute Gasteiger partial charge is 0.494 e. The quantitative estimate of drug-likeness (QED) is 0.792. The Balaban J connectivity index is 2.24. The maximum Gasteiger partial charge on any atom is 0.168 e. The molecule has 1 aromatic carbocycles. The van der Waals surface area contributed by atoms with E-state index in [4.69, 9.17) is 4.74 Å². The van der Waals surface area contributed by atoms with Crippen molar-refractivity contribution in [2.75, 3.05) is 7.11 Å². The number of benzene rings is 1. The van der Waals surface area contributed by atoms with Crippen molar-refractivity contribution in [1.29, 1.82) is 0 Å². The Morgan fingerprint density at radius 3 is 2.84 bits per heavy atom. The Morgan fingerprint density at radius 1 is 1.37 bits per heavy atom. The summed E-state index contributed by atoms with van der Waals surface area (Å²) in [5, 5.41) is 0. The van der Waals surface area contributed by atoms with E-state index in [1.807, 2.05) is 6.92 Å². The van der Waals surface area contributed by atoms with Crippen LogP contribution >= 0.6 is 0 Å². The van der Waals surface area contributed by atoms with Crippen LogP contribution in [0.1, 0.15) is 21.5 Å². The van der Waals surface area contributed by atoms with Crippen LogP contribution in [0.4, 0.5) is 4.39 Å². The van der Waals surface area contributed by atoms with Crippen LogP contribution in [0.2, 0.25) is 0 Å². The minimum absolute atomic E-state index is 0.00579. The highest BCUT2D eigenvalue weighted by Crippen LogP contribution is 2.21. The van der Waals surface area contributed by atoms with Crippen LogP contribution in [0.25, 0.3) is 0 Å². The Bertz CT molecular complexity index is 611. The van der Waals surface area contributed by atoms with Gasteiger partial charge in [-0.25, -0.2) is 4.39 Å². The fraction of sp³-hybridized carbons (Fsp3) is 0.200. The summed E-state index contributed by atoms with van der Waals surface area (Å²) in [6, 6.07) is 6.52. The zero-order valence-corrected chi connectivity index (χ0v) is 10.8. The number of nitrogens with zero attached hydrogens (tertiary/aromatic N) is 1. The van der Waals surface area contributed by atoms with E-state index in [0.29, 0.717) is 11.1 Å². The summed E-state index contributed by atoms with van der Waals surface area (Å²) in [6.07, 6.45) is 3.16. The summed E-state index contributed by atoms with van der Waals surface area (Å²) in [7, 11) is 1.40. The first-order chi connectivity index (χ1) is 9.11. The van der Waals surface area contributed by atoms with Gasteiger partial charge < -0.3 is 4.74 Å². The van der Waals surface area contributed by atoms with E-state index in [1.54, 1.807) is 24.4 Å². The summed E-state index contributed by atoms with van der Waals surface area (Å²) in [5.74, 6) is -0.505. The molecule has 0 N–H and O–H groups in total. The normalized spacial score (nSPS) is 10.3. The number of aromatic nitrogens is 1. The second kappa shape index (κ2) is 5.61. The van der Waals surface area contributed by atoms with Gasteiger partial charge in [0.25, 0.3) is 0 Å². The smallest absolute Gasteiger partial charge is 0.168 e. The lowest BCUT2D eigenvalue weighted by atomic mass is 10.0. The molecule has 1 heterocycles. The van der Waals surface area contributed by atoms with Crippen molar-refractivity contribution >= 4 is 5.78 Å². The number of rotatable bonds is 4. The highest BCUT2D eigenvalue weighted by molar-refractivity contribution is 5.97. The van der Waals surface area contributed by atoms with Crippen LogP contribution in [-0.2, 0) is 6.42 Å². The highest BCUT2D eigenvalue weighted by atomic mass is 19.1. The fourth-order valence-corrected chi connectivity index (χ4v) is 1.83. The molecule has 0 radical (unpaired) electrons. The molecule has 0 amide bonds. The molecule has 4 heteroatoms. The van der Waals surface area contributed by atoms with Crippen LogP contribution < -0.4 is 4.74 Å². The first-order valence-electron chi connectivity index (χ1n) is 5.88. The van der Waals surface area contributed by atoms with E-state index >= 15 is 0 Å². The molecule has 0 atom stereocenters. The standard InChI is InChI=1S/C15H14FNO2/c1-10-6-12(9-17-8-10)13(18)7-11-4-3-5-14(19-2)15(11)16/h3-6,8-9H,7H2,1-2H3. The predicted octanol–water partition coefficient (Wildman–Crippen LogP) is 2.96. The lowest BCUT2D eigenvalue weighted by Gasteiger charge is -2.07. The van der Waals surface area contributed by atoms with Gasteiger partial charge in [0.05, 0.1) is 7.11 Å². The number of hydrogen-bond donors (Lipinski definition) is 0. The number of carbonyl (C=O) groups is 1. The average Bonchev–Trinajstić information content (AvgIpc) is 2.41. The Labute approximate surface area is 111 Å². The number of Topliss-reactive ketones (excluding diaryl/α,β-unsaturated/α-hetero) is 1. The molecule has 0 fully saturated rings. The van der Waals surface area contributed by atoms with E-state index in [-0.39, 0.29) is 18.0 Å². The number of carbonyl (C=O) groups excluding carboxylic acids is 1. The van der Waals surface area contributed by atoms with Gasteiger partial charge in [0.2, 0.25) is 0 Å². The second-order valence-corrected chi connectivity index (χ2v) is 4.28. The Kier molecular flexibility index (Phi) is 3.90. The van der Waals surface area contributed by atoms with E-state index in [9.17, 15) is 9.18 Å². The maximum atomic E-state index is 13.9. The molecule has 0 aliphatic carbocycles. The molecule has 0 aliphatic heterocycles. The van der Waals surface area contributed by atoms with Gasteiger partial charge in [-0.05, 0) is 30.2 Å². The van der Waals surface area contributed by atoms with Gasteiger partial charge in [0, 0.05) is 24.4 Å². The minimum atomic E-state index is -0.487. The van der Waals surface area contributed by atoms with Crippen molar-refractivity contribution < 1.29 is 13.9 Å². The number of hydrogen-bond acceptors (Lipinski definition) is 3. The zero-order chi connectivity index (χ0) is 13.8. The third-order valence-corrected chi connectivity index (χ3v) is 2.81. The first-order valence-corrected chi connectivity index (χ1v) is 5.88. The number of halogens is 1. The second-order valence-electron chi connectivity index (χ2n) is 4.28. The third-order valence-electron chi connectivity index (χ3n) is 2.81.